The van der Waals surface area contributed by atoms with E-state index in [-0.39, 0.29) is 11.6 Å². The molecule has 1 unspecified atom stereocenters. The van der Waals surface area contributed by atoms with Gasteiger partial charge in [-0.1, -0.05) is 19.8 Å². The van der Waals surface area contributed by atoms with E-state index in [0.29, 0.717) is 13.0 Å². The molecule has 5 heteroatoms. The molecule has 2 amide bonds. The number of carboxylic acid groups (broad SMARTS) is 1. The SMILES string of the molecule is CCC(C)(C)NC(=O)N1CCCCCC1C(=O)O. The number of rotatable bonds is 3. The smallest absolute Gasteiger partial charge is 0.326 e. The number of aliphatic carboxylic acids is 1. The van der Waals surface area contributed by atoms with Gasteiger partial charge in [-0.25, -0.2) is 9.59 Å². The molecule has 0 aromatic carbocycles. The number of hydrogen-bond donors (Lipinski definition) is 2. The van der Waals surface area contributed by atoms with Gasteiger partial charge in [0.25, 0.3) is 0 Å². The average Bonchev–Trinajstić information content (AvgIpc) is 2.53. The van der Waals surface area contributed by atoms with Crippen molar-refractivity contribution < 1.29 is 14.7 Å². The maximum atomic E-state index is 12.2. The molecule has 2 N–H and O–H groups in total. The number of urea groups is 1. The first-order valence-corrected chi connectivity index (χ1v) is 6.69. The molecule has 0 aliphatic carbocycles. The first-order valence-electron chi connectivity index (χ1n) is 6.69. The quantitative estimate of drug-likeness (QED) is 0.813. The van der Waals surface area contributed by atoms with Crippen molar-refractivity contribution in [3.05, 3.63) is 0 Å². The van der Waals surface area contributed by atoms with Crippen molar-refractivity contribution in [3.8, 4) is 0 Å². The van der Waals surface area contributed by atoms with Crippen LogP contribution in [0.25, 0.3) is 0 Å². The van der Waals surface area contributed by atoms with E-state index in [4.69, 9.17) is 0 Å². The first-order chi connectivity index (χ1) is 8.37. The van der Waals surface area contributed by atoms with Crippen LogP contribution < -0.4 is 5.32 Å². The summed E-state index contributed by atoms with van der Waals surface area (Å²) in [6.07, 6.45) is 4.10. The number of carbonyl (C=O) groups is 2. The number of hydrogen-bond acceptors (Lipinski definition) is 2. The third-order valence-corrected chi connectivity index (χ3v) is 3.63. The number of nitrogens with zero attached hydrogens (tertiary/aromatic N) is 1. The minimum Gasteiger partial charge on any atom is -0.480 e. The Morgan fingerprint density at radius 1 is 1.33 bits per heavy atom. The standard InChI is InChI=1S/C13H24N2O3/c1-4-13(2,3)14-12(18)15-9-7-5-6-8-10(15)11(16)17/h10H,4-9H2,1-3H3,(H,14,18)(H,16,17). The lowest BCUT2D eigenvalue weighted by atomic mass is 10.0. The number of amides is 2. The zero-order valence-electron chi connectivity index (χ0n) is 11.5. The Morgan fingerprint density at radius 2 is 2.00 bits per heavy atom. The highest BCUT2D eigenvalue weighted by Crippen LogP contribution is 2.18. The summed E-state index contributed by atoms with van der Waals surface area (Å²) in [7, 11) is 0. The summed E-state index contributed by atoms with van der Waals surface area (Å²) in [4.78, 5) is 24.9. The monoisotopic (exact) mass is 256 g/mol. The van der Waals surface area contributed by atoms with E-state index in [0.717, 1.165) is 25.7 Å². The Kier molecular flexibility index (Phi) is 4.99. The van der Waals surface area contributed by atoms with E-state index in [1.165, 1.54) is 4.90 Å². The van der Waals surface area contributed by atoms with Crippen molar-refractivity contribution in [1.29, 1.82) is 0 Å². The van der Waals surface area contributed by atoms with Crippen molar-refractivity contribution in [2.45, 2.75) is 64.5 Å². The van der Waals surface area contributed by atoms with Gasteiger partial charge in [0.1, 0.15) is 6.04 Å². The molecule has 0 spiro atoms. The summed E-state index contributed by atoms with van der Waals surface area (Å²) < 4.78 is 0. The molecule has 1 rings (SSSR count). The van der Waals surface area contributed by atoms with Crippen LogP contribution in [0.3, 0.4) is 0 Å². The van der Waals surface area contributed by atoms with Crippen molar-refractivity contribution in [1.82, 2.24) is 10.2 Å². The molecule has 1 aliphatic heterocycles. The zero-order chi connectivity index (χ0) is 13.8. The topological polar surface area (TPSA) is 69.6 Å². The minimum absolute atomic E-state index is 0.254. The Balaban J connectivity index is 2.76. The molecule has 0 aromatic rings. The molecule has 104 valence electrons. The van der Waals surface area contributed by atoms with Gasteiger partial charge in [0.15, 0.2) is 0 Å². The Labute approximate surface area is 109 Å². The van der Waals surface area contributed by atoms with Gasteiger partial charge >= 0.3 is 12.0 Å². The molecule has 18 heavy (non-hydrogen) atoms. The van der Waals surface area contributed by atoms with Crippen LogP contribution in [-0.4, -0.2) is 40.1 Å². The van der Waals surface area contributed by atoms with E-state index < -0.39 is 12.0 Å². The molecule has 0 bridgehead atoms. The lowest BCUT2D eigenvalue weighted by molar-refractivity contribution is -0.142. The fourth-order valence-corrected chi connectivity index (χ4v) is 2.06. The van der Waals surface area contributed by atoms with Crippen LogP contribution in [0.4, 0.5) is 4.79 Å². The van der Waals surface area contributed by atoms with Gasteiger partial charge in [-0.15, -0.1) is 0 Å². The number of carboxylic acids is 1. The Morgan fingerprint density at radius 3 is 2.56 bits per heavy atom. The third kappa shape index (κ3) is 3.89. The average molecular weight is 256 g/mol. The van der Waals surface area contributed by atoms with Crippen LogP contribution in [0.15, 0.2) is 0 Å². The van der Waals surface area contributed by atoms with Crippen molar-refractivity contribution in [3.63, 3.8) is 0 Å². The van der Waals surface area contributed by atoms with Gasteiger partial charge in [-0.2, -0.15) is 0 Å². The van der Waals surface area contributed by atoms with E-state index in [1.807, 2.05) is 20.8 Å². The molecule has 1 aliphatic rings. The summed E-state index contributed by atoms with van der Waals surface area (Å²) in [5.41, 5.74) is -0.299. The molecule has 1 atom stereocenters. The van der Waals surface area contributed by atoms with E-state index in [9.17, 15) is 14.7 Å². The van der Waals surface area contributed by atoms with Crippen molar-refractivity contribution in [2.75, 3.05) is 6.54 Å². The summed E-state index contributed by atoms with van der Waals surface area (Å²) in [6.45, 7) is 6.41. The van der Waals surface area contributed by atoms with Crippen LogP contribution in [0, 0.1) is 0 Å². The molecule has 1 saturated heterocycles. The van der Waals surface area contributed by atoms with Crippen LogP contribution in [0.2, 0.25) is 0 Å². The maximum absolute atomic E-state index is 12.2. The fourth-order valence-electron chi connectivity index (χ4n) is 2.06. The highest BCUT2D eigenvalue weighted by molar-refractivity contribution is 5.83. The van der Waals surface area contributed by atoms with E-state index in [1.54, 1.807) is 0 Å². The second kappa shape index (κ2) is 6.07. The zero-order valence-corrected chi connectivity index (χ0v) is 11.5. The molecule has 0 saturated carbocycles. The highest BCUT2D eigenvalue weighted by atomic mass is 16.4. The summed E-state index contributed by atoms with van der Waals surface area (Å²) in [6, 6.07) is -0.934. The van der Waals surface area contributed by atoms with Crippen LogP contribution >= 0.6 is 0 Å². The highest BCUT2D eigenvalue weighted by Gasteiger charge is 2.32. The number of likely N-dealkylation sites (tertiary alicyclic amines) is 1. The van der Waals surface area contributed by atoms with Gasteiger partial charge in [-0.05, 0) is 33.1 Å². The van der Waals surface area contributed by atoms with E-state index in [2.05, 4.69) is 5.32 Å². The maximum Gasteiger partial charge on any atom is 0.326 e. The van der Waals surface area contributed by atoms with Crippen LogP contribution in [0.5, 0.6) is 0 Å². The fraction of sp³-hybridized carbons (Fsp3) is 0.846. The molecular weight excluding hydrogens is 232 g/mol. The molecule has 0 aromatic heterocycles. The summed E-state index contributed by atoms with van der Waals surface area (Å²) in [5.74, 6) is -0.902. The molecular formula is C13H24N2O3. The van der Waals surface area contributed by atoms with Gasteiger partial charge < -0.3 is 15.3 Å². The largest absolute Gasteiger partial charge is 0.480 e. The van der Waals surface area contributed by atoms with Gasteiger partial charge in [0.05, 0.1) is 0 Å². The number of carbonyl (C=O) groups excluding carboxylic acids is 1. The van der Waals surface area contributed by atoms with Gasteiger partial charge in [-0.3, -0.25) is 0 Å². The van der Waals surface area contributed by atoms with Crippen molar-refractivity contribution in [2.24, 2.45) is 0 Å². The van der Waals surface area contributed by atoms with Crippen LogP contribution in [-0.2, 0) is 4.79 Å². The van der Waals surface area contributed by atoms with Gasteiger partial charge in [0.2, 0.25) is 0 Å². The van der Waals surface area contributed by atoms with Gasteiger partial charge in [0, 0.05) is 12.1 Å². The van der Waals surface area contributed by atoms with E-state index >= 15 is 0 Å². The molecule has 0 radical (unpaired) electrons. The third-order valence-electron chi connectivity index (χ3n) is 3.63. The second-order valence-corrected chi connectivity index (χ2v) is 5.56. The predicted octanol–water partition coefficient (Wildman–Crippen LogP) is 2.21. The van der Waals surface area contributed by atoms with Crippen molar-refractivity contribution >= 4 is 12.0 Å². The molecule has 1 heterocycles. The predicted molar refractivity (Wildman–Crippen MR) is 69.5 cm³/mol. The molecule has 1 fully saturated rings. The summed E-state index contributed by atoms with van der Waals surface area (Å²) >= 11 is 0. The normalized spacial score (nSPS) is 21.3. The van der Waals surface area contributed by atoms with Crippen LogP contribution in [0.1, 0.15) is 52.9 Å². The number of nitrogens with one attached hydrogen (secondary N) is 1. The lowest BCUT2D eigenvalue weighted by Gasteiger charge is -2.32. The Bertz CT molecular complexity index is 315. The lowest BCUT2D eigenvalue weighted by Crippen LogP contribution is -2.54. The molecule has 5 nitrogen and oxygen atoms in total. The minimum atomic E-state index is -0.902. The second-order valence-electron chi connectivity index (χ2n) is 5.56. The summed E-state index contributed by atoms with van der Waals surface area (Å²) in [5, 5.41) is 12.1. The Hall–Kier alpha value is -1.26. The first kappa shape index (κ1) is 14.8.